The summed E-state index contributed by atoms with van der Waals surface area (Å²) in [6.45, 7) is 3.70. The summed E-state index contributed by atoms with van der Waals surface area (Å²) >= 11 is 0. The molecule has 1 rings (SSSR count). The number of nitrogens with zero attached hydrogens (tertiary/aromatic N) is 1. The molecule has 0 atom stereocenters. The maximum Gasteiger partial charge on any atom is 0.335 e. The van der Waals surface area contributed by atoms with Crippen LogP contribution in [0.25, 0.3) is 0 Å². The van der Waals surface area contributed by atoms with Gasteiger partial charge in [-0.3, -0.25) is 14.9 Å². The molecule has 0 aliphatic carbocycles. The zero-order valence-corrected chi connectivity index (χ0v) is 10.5. The Kier molecular flexibility index (Phi) is 4.57. The van der Waals surface area contributed by atoms with Crippen molar-refractivity contribution in [2.75, 3.05) is 5.32 Å². The van der Waals surface area contributed by atoms with Gasteiger partial charge < -0.3 is 10.4 Å². The normalized spacial score (nSPS) is 10.3. The van der Waals surface area contributed by atoms with Crippen molar-refractivity contribution in [1.82, 2.24) is 0 Å². The topological polar surface area (TPSA) is 110 Å². The third kappa shape index (κ3) is 4.06. The zero-order chi connectivity index (χ0) is 14.6. The number of nitro groups is 1. The van der Waals surface area contributed by atoms with E-state index in [9.17, 15) is 19.7 Å². The number of hydrogen-bond acceptors (Lipinski definition) is 4. The van der Waals surface area contributed by atoms with E-state index in [1.807, 2.05) is 13.8 Å². The number of nitrogens with one attached hydrogen (secondary N) is 1. The van der Waals surface area contributed by atoms with Crippen molar-refractivity contribution in [3.8, 4) is 0 Å². The van der Waals surface area contributed by atoms with Crippen LogP contribution in [0.1, 0.15) is 30.6 Å². The van der Waals surface area contributed by atoms with Crippen LogP contribution in [-0.4, -0.2) is 21.9 Å². The first-order valence-corrected chi connectivity index (χ1v) is 5.63. The van der Waals surface area contributed by atoms with Gasteiger partial charge >= 0.3 is 5.97 Å². The second-order valence-electron chi connectivity index (χ2n) is 4.44. The molecule has 0 aliphatic rings. The van der Waals surface area contributed by atoms with Crippen molar-refractivity contribution in [2.24, 2.45) is 5.92 Å². The van der Waals surface area contributed by atoms with Gasteiger partial charge in [-0.15, -0.1) is 0 Å². The summed E-state index contributed by atoms with van der Waals surface area (Å²) in [6, 6.07) is 3.35. The van der Waals surface area contributed by atoms with Crippen LogP contribution in [0.4, 0.5) is 11.4 Å². The van der Waals surface area contributed by atoms with Gasteiger partial charge in [0.25, 0.3) is 5.69 Å². The van der Waals surface area contributed by atoms with Gasteiger partial charge in [0.05, 0.1) is 10.5 Å². The minimum Gasteiger partial charge on any atom is -0.478 e. The van der Waals surface area contributed by atoms with E-state index in [-0.39, 0.29) is 29.5 Å². The third-order valence-electron chi connectivity index (χ3n) is 2.31. The number of rotatable bonds is 5. The number of carbonyl (C=O) groups is 2. The lowest BCUT2D eigenvalue weighted by molar-refractivity contribution is -0.384. The Balaban J connectivity index is 3.04. The predicted molar refractivity (Wildman–Crippen MR) is 68.1 cm³/mol. The lowest BCUT2D eigenvalue weighted by Gasteiger charge is -2.08. The molecule has 0 spiro atoms. The van der Waals surface area contributed by atoms with E-state index >= 15 is 0 Å². The predicted octanol–water partition coefficient (Wildman–Crippen LogP) is 2.28. The fraction of sp³-hybridized carbons (Fsp3) is 0.333. The molecule has 0 saturated heterocycles. The van der Waals surface area contributed by atoms with Crippen LogP contribution in [0.15, 0.2) is 18.2 Å². The molecule has 0 aromatic heterocycles. The van der Waals surface area contributed by atoms with Crippen LogP contribution in [0, 0.1) is 16.0 Å². The van der Waals surface area contributed by atoms with E-state index < -0.39 is 16.6 Å². The molecule has 7 heteroatoms. The largest absolute Gasteiger partial charge is 0.478 e. The summed E-state index contributed by atoms with van der Waals surface area (Å²) in [5.74, 6) is -1.48. The highest BCUT2D eigenvalue weighted by molar-refractivity contribution is 5.95. The van der Waals surface area contributed by atoms with E-state index in [4.69, 9.17) is 5.11 Å². The Morgan fingerprint density at radius 2 is 2.05 bits per heavy atom. The Hall–Kier alpha value is -2.44. The van der Waals surface area contributed by atoms with Crippen LogP contribution in [-0.2, 0) is 4.79 Å². The monoisotopic (exact) mass is 266 g/mol. The molecule has 0 bridgehead atoms. The van der Waals surface area contributed by atoms with Crippen molar-refractivity contribution in [3.05, 3.63) is 33.9 Å². The smallest absolute Gasteiger partial charge is 0.335 e. The fourth-order valence-electron chi connectivity index (χ4n) is 1.49. The minimum atomic E-state index is -1.26. The number of carbonyl (C=O) groups excluding carboxylic acids is 1. The first-order valence-electron chi connectivity index (χ1n) is 5.63. The van der Waals surface area contributed by atoms with Gasteiger partial charge in [-0.25, -0.2) is 4.79 Å². The quantitative estimate of drug-likeness (QED) is 0.627. The molecular weight excluding hydrogens is 252 g/mol. The average molecular weight is 266 g/mol. The van der Waals surface area contributed by atoms with Crippen LogP contribution >= 0.6 is 0 Å². The molecular formula is C12H14N2O5. The van der Waals surface area contributed by atoms with E-state index in [2.05, 4.69) is 5.32 Å². The second kappa shape index (κ2) is 5.94. The van der Waals surface area contributed by atoms with Crippen LogP contribution in [0.3, 0.4) is 0 Å². The summed E-state index contributed by atoms with van der Waals surface area (Å²) in [5.41, 5.74) is -0.633. The summed E-state index contributed by atoms with van der Waals surface area (Å²) in [6.07, 6.45) is 0.234. The summed E-state index contributed by atoms with van der Waals surface area (Å²) in [4.78, 5) is 32.4. The number of carboxylic acid groups (broad SMARTS) is 1. The van der Waals surface area contributed by atoms with E-state index in [1.165, 1.54) is 12.1 Å². The molecule has 0 unspecified atom stereocenters. The molecule has 7 nitrogen and oxygen atoms in total. The molecule has 0 radical (unpaired) electrons. The van der Waals surface area contributed by atoms with Gasteiger partial charge in [0.1, 0.15) is 5.69 Å². The SMILES string of the molecule is CC(C)CC(=O)Nc1ccc(C(=O)O)cc1[N+](=O)[O-]. The standard InChI is InChI=1S/C12H14N2O5/c1-7(2)5-11(15)13-9-4-3-8(12(16)17)6-10(9)14(18)19/h3-4,6-7H,5H2,1-2H3,(H,13,15)(H,16,17). The van der Waals surface area contributed by atoms with E-state index in [0.717, 1.165) is 6.07 Å². The van der Waals surface area contributed by atoms with Crippen molar-refractivity contribution in [2.45, 2.75) is 20.3 Å². The third-order valence-corrected chi connectivity index (χ3v) is 2.31. The Labute approximate surface area is 109 Å². The zero-order valence-electron chi connectivity index (χ0n) is 10.5. The molecule has 0 saturated carbocycles. The molecule has 0 aliphatic heterocycles. The highest BCUT2D eigenvalue weighted by atomic mass is 16.6. The lowest BCUT2D eigenvalue weighted by atomic mass is 10.1. The number of amides is 1. The van der Waals surface area contributed by atoms with Crippen LogP contribution in [0.5, 0.6) is 0 Å². The molecule has 102 valence electrons. The van der Waals surface area contributed by atoms with Crippen LogP contribution in [0.2, 0.25) is 0 Å². The molecule has 0 fully saturated rings. The highest BCUT2D eigenvalue weighted by Gasteiger charge is 2.19. The number of hydrogen-bond donors (Lipinski definition) is 2. The fourth-order valence-corrected chi connectivity index (χ4v) is 1.49. The molecule has 2 N–H and O–H groups in total. The number of carboxylic acids is 1. The lowest BCUT2D eigenvalue weighted by Crippen LogP contribution is -2.15. The summed E-state index contributed by atoms with van der Waals surface area (Å²) < 4.78 is 0. The van der Waals surface area contributed by atoms with Gasteiger partial charge in [-0.2, -0.15) is 0 Å². The van der Waals surface area contributed by atoms with Gasteiger partial charge in [-0.05, 0) is 18.1 Å². The number of aromatic carboxylic acids is 1. The van der Waals surface area contributed by atoms with Gasteiger partial charge in [0, 0.05) is 12.5 Å². The summed E-state index contributed by atoms with van der Waals surface area (Å²) in [5, 5.41) is 22.1. The second-order valence-corrected chi connectivity index (χ2v) is 4.44. The van der Waals surface area contributed by atoms with E-state index in [1.54, 1.807) is 0 Å². The first-order chi connectivity index (χ1) is 8.81. The van der Waals surface area contributed by atoms with E-state index in [0.29, 0.717) is 0 Å². The van der Waals surface area contributed by atoms with Crippen molar-refractivity contribution in [3.63, 3.8) is 0 Å². The Bertz CT molecular complexity index is 525. The summed E-state index contributed by atoms with van der Waals surface area (Å²) in [7, 11) is 0. The van der Waals surface area contributed by atoms with Gasteiger partial charge in [0.2, 0.25) is 5.91 Å². The maximum absolute atomic E-state index is 11.6. The van der Waals surface area contributed by atoms with Crippen molar-refractivity contribution < 1.29 is 19.6 Å². The maximum atomic E-state index is 11.6. The molecule has 1 aromatic rings. The Morgan fingerprint density at radius 3 is 2.53 bits per heavy atom. The van der Waals surface area contributed by atoms with Gasteiger partial charge in [0.15, 0.2) is 0 Å². The van der Waals surface area contributed by atoms with Crippen molar-refractivity contribution in [1.29, 1.82) is 0 Å². The average Bonchev–Trinajstić information content (AvgIpc) is 2.27. The minimum absolute atomic E-state index is 0.000602. The molecule has 1 amide bonds. The number of anilines is 1. The molecule has 1 aromatic carbocycles. The van der Waals surface area contributed by atoms with Crippen molar-refractivity contribution >= 4 is 23.3 Å². The molecule has 0 heterocycles. The first kappa shape index (κ1) is 14.6. The number of benzene rings is 1. The van der Waals surface area contributed by atoms with Crippen LogP contribution < -0.4 is 5.32 Å². The molecule has 19 heavy (non-hydrogen) atoms. The Morgan fingerprint density at radius 1 is 1.42 bits per heavy atom. The van der Waals surface area contributed by atoms with Gasteiger partial charge in [-0.1, -0.05) is 13.8 Å². The number of nitro benzene ring substituents is 1. The highest BCUT2D eigenvalue weighted by Crippen LogP contribution is 2.26.